The summed E-state index contributed by atoms with van der Waals surface area (Å²) in [7, 11) is 1.21. The van der Waals surface area contributed by atoms with Crippen LogP contribution in [-0.2, 0) is 21.2 Å². The largest absolute Gasteiger partial charge is 0.750 e. The number of rotatable bonds is 8. The van der Waals surface area contributed by atoms with Gasteiger partial charge in [-0.1, -0.05) is 36.4 Å². The zero-order valence-corrected chi connectivity index (χ0v) is 23.7. The standard InChI is InChI=1S/C28H25F7N2O5S/c1-16-13-21(26(29,27(30,31)32)28(33,34)35)14-17(2)23(16)36(4)24(38)20-11-8-12-22(15-20)37(18(3)42-43(40)41)25(39)19-9-6-5-7-10-19/h5-15,18H,1-4H3,(H,40,41)/p-1. The van der Waals surface area contributed by atoms with E-state index >= 15 is 0 Å². The molecule has 232 valence electrons. The summed E-state index contributed by atoms with van der Waals surface area (Å²) in [5, 5.41) is 0. The number of hydrogen-bond donors (Lipinski definition) is 0. The maximum Gasteiger partial charge on any atom is 0.435 e. The minimum atomic E-state index is -6.31. The van der Waals surface area contributed by atoms with Gasteiger partial charge in [0.1, 0.15) is 6.23 Å². The van der Waals surface area contributed by atoms with Crippen LogP contribution in [0, 0.1) is 13.8 Å². The molecule has 0 aromatic heterocycles. The van der Waals surface area contributed by atoms with Crippen molar-refractivity contribution in [2.45, 2.75) is 45.0 Å². The van der Waals surface area contributed by atoms with E-state index in [1.807, 2.05) is 0 Å². The van der Waals surface area contributed by atoms with Crippen molar-refractivity contribution in [2.24, 2.45) is 0 Å². The third-order valence-corrected chi connectivity index (χ3v) is 6.94. The Morgan fingerprint density at radius 2 is 1.33 bits per heavy atom. The van der Waals surface area contributed by atoms with E-state index in [0.29, 0.717) is 12.1 Å². The zero-order valence-electron chi connectivity index (χ0n) is 22.9. The summed E-state index contributed by atoms with van der Waals surface area (Å²) in [6.07, 6.45) is -14.0. The molecule has 2 atom stereocenters. The van der Waals surface area contributed by atoms with Gasteiger partial charge in [-0.25, -0.2) is 8.60 Å². The molecule has 0 N–H and O–H groups in total. The highest BCUT2D eigenvalue weighted by Crippen LogP contribution is 2.54. The van der Waals surface area contributed by atoms with Gasteiger partial charge < -0.3 is 9.45 Å². The van der Waals surface area contributed by atoms with Crippen LogP contribution in [0.5, 0.6) is 0 Å². The van der Waals surface area contributed by atoms with Crippen LogP contribution in [-0.4, -0.2) is 46.2 Å². The lowest BCUT2D eigenvalue weighted by molar-refractivity contribution is -0.348. The molecule has 0 saturated heterocycles. The van der Waals surface area contributed by atoms with E-state index in [-0.39, 0.29) is 33.6 Å². The maximum atomic E-state index is 14.7. The second-order valence-electron chi connectivity index (χ2n) is 9.47. The van der Waals surface area contributed by atoms with E-state index in [2.05, 4.69) is 0 Å². The van der Waals surface area contributed by atoms with Crippen molar-refractivity contribution in [3.05, 3.63) is 94.5 Å². The molecule has 0 radical (unpaired) electrons. The molecule has 2 amide bonds. The minimum absolute atomic E-state index is 0.0346. The van der Waals surface area contributed by atoms with Gasteiger partial charge >= 0.3 is 18.0 Å². The molecule has 0 fully saturated rings. The molecule has 0 aliphatic carbocycles. The first-order valence-corrected chi connectivity index (χ1v) is 13.3. The predicted octanol–water partition coefficient (Wildman–Crippen LogP) is 6.67. The van der Waals surface area contributed by atoms with Crippen molar-refractivity contribution >= 4 is 34.6 Å². The fourth-order valence-electron chi connectivity index (χ4n) is 4.62. The Kier molecular flexibility index (Phi) is 9.73. The van der Waals surface area contributed by atoms with Gasteiger partial charge in [-0.05, 0) is 62.2 Å². The number of anilines is 2. The Morgan fingerprint density at radius 1 is 0.814 bits per heavy atom. The monoisotopic (exact) mass is 633 g/mol. The van der Waals surface area contributed by atoms with Crippen LogP contribution in [0.3, 0.4) is 0 Å². The molecule has 3 aromatic carbocycles. The fraction of sp³-hybridized carbons (Fsp3) is 0.286. The second kappa shape index (κ2) is 12.4. The zero-order chi connectivity index (χ0) is 32.5. The van der Waals surface area contributed by atoms with E-state index in [1.54, 1.807) is 18.2 Å². The Labute approximate surface area is 244 Å². The summed E-state index contributed by atoms with van der Waals surface area (Å²) in [6, 6.07) is 13.8. The van der Waals surface area contributed by atoms with Crippen LogP contribution < -0.4 is 9.80 Å². The number of aryl methyl sites for hydroxylation is 2. The maximum absolute atomic E-state index is 14.7. The molecule has 15 heteroatoms. The van der Waals surface area contributed by atoms with Crippen LogP contribution in [0.1, 0.15) is 44.3 Å². The summed E-state index contributed by atoms with van der Waals surface area (Å²) in [4.78, 5) is 28.7. The van der Waals surface area contributed by atoms with Crippen LogP contribution >= 0.6 is 0 Å². The topological polar surface area (TPSA) is 90.0 Å². The Morgan fingerprint density at radius 3 is 1.81 bits per heavy atom. The van der Waals surface area contributed by atoms with Crippen LogP contribution in [0.25, 0.3) is 0 Å². The van der Waals surface area contributed by atoms with Gasteiger partial charge in [-0.3, -0.25) is 18.7 Å². The third-order valence-electron chi connectivity index (χ3n) is 6.50. The number of nitrogens with zero attached hydrogens (tertiary/aromatic N) is 2. The first kappa shape index (κ1) is 33.7. The Hall–Kier alpha value is -3.82. The summed E-state index contributed by atoms with van der Waals surface area (Å²) in [5.41, 5.74) is -7.81. The predicted molar refractivity (Wildman–Crippen MR) is 143 cm³/mol. The average Bonchev–Trinajstić information content (AvgIpc) is 2.90. The summed E-state index contributed by atoms with van der Waals surface area (Å²) < 4.78 is 122. The summed E-state index contributed by atoms with van der Waals surface area (Å²) in [5.74, 6) is -1.48. The van der Waals surface area contributed by atoms with Gasteiger partial charge in [0.05, 0.1) is 11.4 Å². The van der Waals surface area contributed by atoms with Gasteiger partial charge in [-0.15, -0.1) is 0 Å². The highest BCUT2D eigenvalue weighted by atomic mass is 32.2. The molecule has 7 nitrogen and oxygen atoms in total. The third kappa shape index (κ3) is 6.73. The van der Waals surface area contributed by atoms with Crippen LogP contribution in [0.15, 0.2) is 66.7 Å². The second-order valence-corrected chi connectivity index (χ2v) is 10.1. The van der Waals surface area contributed by atoms with Gasteiger partial charge in [0.2, 0.25) is 0 Å². The molecule has 0 heterocycles. The molecule has 3 aromatic rings. The highest BCUT2D eigenvalue weighted by molar-refractivity contribution is 7.74. The van der Waals surface area contributed by atoms with Crippen molar-refractivity contribution in [2.75, 3.05) is 16.8 Å². The van der Waals surface area contributed by atoms with E-state index in [0.717, 1.165) is 23.6 Å². The van der Waals surface area contributed by atoms with Crippen molar-refractivity contribution in [1.29, 1.82) is 0 Å². The smallest absolute Gasteiger partial charge is 0.435 e. The fourth-order valence-corrected chi connectivity index (χ4v) is 4.94. The lowest BCUT2D eigenvalue weighted by Crippen LogP contribution is -2.50. The lowest BCUT2D eigenvalue weighted by atomic mass is 9.90. The molecule has 3 rings (SSSR count). The van der Waals surface area contributed by atoms with E-state index in [4.69, 9.17) is 4.18 Å². The van der Waals surface area contributed by atoms with Crippen molar-refractivity contribution in [1.82, 2.24) is 0 Å². The summed E-state index contributed by atoms with van der Waals surface area (Å²) in [6.45, 7) is 3.53. The normalized spacial score (nSPS) is 13.8. The average molecular weight is 634 g/mol. The number of hydrogen-bond acceptors (Lipinski definition) is 5. The summed E-state index contributed by atoms with van der Waals surface area (Å²) >= 11 is -3.02. The van der Waals surface area contributed by atoms with Gasteiger partial charge in [0, 0.05) is 35.1 Å². The molecule has 0 saturated carbocycles. The van der Waals surface area contributed by atoms with Crippen molar-refractivity contribution < 1.29 is 53.3 Å². The molecule has 43 heavy (non-hydrogen) atoms. The van der Waals surface area contributed by atoms with Crippen molar-refractivity contribution in [3.8, 4) is 0 Å². The first-order valence-electron chi connectivity index (χ1n) is 12.3. The van der Waals surface area contributed by atoms with Gasteiger partial charge in [0.25, 0.3) is 11.8 Å². The first-order chi connectivity index (χ1) is 19.8. The minimum Gasteiger partial charge on any atom is -0.750 e. The Bertz CT molecular complexity index is 1490. The molecule has 2 unspecified atom stereocenters. The molecule has 0 spiro atoms. The SMILES string of the molecule is Cc1cc(C(F)(C(F)(F)F)C(F)(F)F)cc(C)c1N(C)C(=O)c1cccc(N(C(=O)c2ccccc2)C(C)OS(=O)[O-])c1. The molecule has 0 aliphatic heterocycles. The number of alkyl halides is 7. The number of carbonyl (C=O) groups is 2. The van der Waals surface area contributed by atoms with E-state index in [1.165, 1.54) is 50.4 Å². The highest BCUT2D eigenvalue weighted by Gasteiger charge is 2.73. The van der Waals surface area contributed by atoms with E-state index < -0.39 is 53.0 Å². The molecular weight excluding hydrogens is 609 g/mol. The Balaban J connectivity index is 2.05. The van der Waals surface area contributed by atoms with Crippen LogP contribution in [0.2, 0.25) is 0 Å². The number of benzene rings is 3. The number of halogens is 7. The lowest BCUT2D eigenvalue weighted by Gasteiger charge is -2.32. The number of amides is 2. The molecule has 0 aliphatic rings. The van der Waals surface area contributed by atoms with Gasteiger partial charge in [0.15, 0.2) is 0 Å². The quantitative estimate of drug-likeness (QED) is 0.157. The molecule has 0 bridgehead atoms. The number of carbonyl (C=O) groups excluding carboxylic acids is 2. The van der Waals surface area contributed by atoms with E-state index in [9.17, 15) is 49.1 Å². The van der Waals surface area contributed by atoms with Gasteiger partial charge in [-0.2, -0.15) is 26.3 Å². The van der Waals surface area contributed by atoms with Crippen LogP contribution in [0.4, 0.5) is 42.1 Å². The molecular formula is C28H24F7N2O5S-. The van der Waals surface area contributed by atoms with Crippen molar-refractivity contribution in [3.63, 3.8) is 0 Å².